The van der Waals surface area contributed by atoms with Crippen molar-refractivity contribution in [2.45, 2.75) is 43.8 Å². The van der Waals surface area contributed by atoms with Crippen LogP contribution in [0.2, 0.25) is 0 Å². The van der Waals surface area contributed by atoms with Gasteiger partial charge in [-0.25, -0.2) is 9.37 Å². The summed E-state index contributed by atoms with van der Waals surface area (Å²) in [5.74, 6) is 7.69. The maximum Gasteiger partial charge on any atom is 0.228 e. The SMILES string of the molecule is CNc1ncc(C#Cc2cnn(C34CC(F)(C3)C4)c2)c2cc(NC(=O)[C@H]3C[C@H]3C)nnc12. The van der Waals surface area contributed by atoms with Gasteiger partial charge in [-0.3, -0.25) is 9.48 Å². The average Bonchev–Trinajstić information content (AvgIpc) is 3.29. The van der Waals surface area contributed by atoms with Gasteiger partial charge in [0.15, 0.2) is 11.6 Å². The number of amides is 1. The Labute approximate surface area is 184 Å². The van der Waals surface area contributed by atoms with Gasteiger partial charge in [-0.1, -0.05) is 18.8 Å². The Morgan fingerprint density at radius 3 is 2.72 bits per heavy atom. The molecule has 0 spiro atoms. The molecule has 32 heavy (non-hydrogen) atoms. The minimum Gasteiger partial charge on any atom is -0.371 e. The van der Waals surface area contributed by atoms with Crippen LogP contribution in [0, 0.1) is 23.7 Å². The molecule has 3 aromatic rings. The Kier molecular flexibility index (Phi) is 3.88. The predicted molar refractivity (Wildman–Crippen MR) is 117 cm³/mol. The van der Waals surface area contributed by atoms with Gasteiger partial charge < -0.3 is 10.6 Å². The van der Waals surface area contributed by atoms with E-state index in [1.165, 1.54) is 0 Å². The van der Waals surface area contributed by atoms with Crippen molar-refractivity contribution < 1.29 is 9.18 Å². The molecule has 8 nitrogen and oxygen atoms in total. The summed E-state index contributed by atoms with van der Waals surface area (Å²) >= 11 is 0. The molecule has 3 aromatic heterocycles. The summed E-state index contributed by atoms with van der Waals surface area (Å²) < 4.78 is 15.7. The van der Waals surface area contributed by atoms with Crippen molar-refractivity contribution in [2.75, 3.05) is 17.7 Å². The van der Waals surface area contributed by atoms with E-state index in [2.05, 4.69) is 49.7 Å². The molecule has 0 aromatic carbocycles. The van der Waals surface area contributed by atoms with E-state index in [0.717, 1.165) is 17.4 Å². The van der Waals surface area contributed by atoms with E-state index < -0.39 is 5.67 Å². The Bertz CT molecular complexity index is 1320. The lowest BCUT2D eigenvalue weighted by atomic mass is 9.47. The van der Waals surface area contributed by atoms with Gasteiger partial charge >= 0.3 is 0 Å². The van der Waals surface area contributed by atoms with Gasteiger partial charge in [-0.15, -0.1) is 10.2 Å². The van der Waals surface area contributed by atoms with Crippen LogP contribution in [0.1, 0.15) is 43.7 Å². The molecule has 4 saturated carbocycles. The van der Waals surface area contributed by atoms with Crippen molar-refractivity contribution in [1.29, 1.82) is 0 Å². The zero-order valence-corrected chi connectivity index (χ0v) is 17.8. The van der Waals surface area contributed by atoms with Gasteiger partial charge in [0, 0.05) is 50.0 Å². The zero-order valence-electron chi connectivity index (χ0n) is 17.8. The van der Waals surface area contributed by atoms with Crippen LogP contribution in [0.25, 0.3) is 10.9 Å². The van der Waals surface area contributed by atoms with E-state index in [0.29, 0.717) is 47.9 Å². The van der Waals surface area contributed by atoms with E-state index in [9.17, 15) is 9.18 Å². The van der Waals surface area contributed by atoms with Crippen LogP contribution in [0.15, 0.2) is 24.7 Å². The number of fused-ring (bicyclic) bond motifs is 1. The second-order valence-electron chi connectivity index (χ2n) is 9.40. The monoisotopic (exact) mass is 431 g/mol. The fourth-order valence-electron chi connectivity index (χ4n) is 4.92. The number of pyridine rings is 1. The van der Waals surface area contributed by atoms with Crippen molar-refractivity contribution in [3.05, 3.63) is 35.8 Å². The molecule has 2 atom stereocenters. The average molecular weight is 431 g/mol. The number of rotatable bonds is 4. The lowest BCUT2D eigenvalue weighted by molar-refractivity contribution is -0.203. The lowest BCUT2D eigenvalue weighted by Crippen LogP contribution is -2.70. The molecule has 0 aliphatic heterocycles. The molecule has 1 amide bonds. The van der Waals surface area contributed by atoms with Gasteiger partial charge in [0.1, 0.15) is 11.2 Å². The van der Waals surface area contributed by atoms with Crippen molar-refractivity contribution in [3.63, 3.8) is 0 Å². The minimum absolute atomic E-state index is 0.0299. The number of nitrogens with one attached hydrogen (secondary N) is 2. The number of anilines is 2. The summed E-state index contributed by atoms with van der Waals surface area (Å²) in [5.41, 5.74) is 0.884. The number of hydrogen-bond donors (Lipinski definition) is 2. The van der Waals surface area contributed by atoms with Gasteiger partial charge in [-0.2, -0.15) is 5.10 Å². The molecule has 3 heterocycles. The summed E-state index contributed by atoms with van der Waals surface area (Å²) in [6.45, 7) is 2.06. The second-order valence-corrected chi connectivity index (χ2v) is 9.40. The first kappa shape index (κ1) is 19.2. The third-order valence-electron chi connectivity index (χ3n) is 6.91. The van der Waals surface area contributed by atoms with Gasteiger partial charge in [0.2, 0.25) is 5.91 Å². The molecule has 4 aliphatic rings. The van der Waals surface area contributed by atoms with Crippen LogP contribution < -0.4 is 10.6 Å². The third kappa shape index (κ3) is 2.93. The zero-order chi connectivity index (χ0) is 22.1. The van der Waals surface area contributed by atoms with Crippen LogP contribution >= 0.6 is 0 Å². The summed E-state index contributed by atoms with van der Waals surface area (Å²) in [5, 5.41) is 19.5. The summed E-state index contributed by atoms with van der Waals surface area (Å²) in [6, 6.07) is 1.78. The van der Waals surface area contributed by atoms with E-state index >= 15 is 0 Å². The standard InChI is InChI=1S/C23H22FN7O/c1-13-5-16(13)21(32)28-18-6-17-15(8-26-20(25-2)19(17)30-29-18)4-3-14-7-27-31(9-14)23-10-22(24,11-23)12-23/h6-9,13,16H,5,10-12H2,1-2H3,(H,25,26)(H,28,29,32)/t13-,16+,22?,23?/m1/s1. The summed E-state index contributed by atoms with van der Waals surface area (Å²) in [7, 11) is 1.76. The molecule has 0 unspecified atom stereocenters. The minimum atomic E-state index is -0.969. The van der Waals surface area contributed by atoms with Crippen molar-refractivity contribution in [2.24, 2.45) is 11.8 Å². The highest BCUT2D eigenvalue weighted by Gasteiger charge is 2.70. The van der Waals surface area contributed by atoms with Gasteiger partial charge in [0.05, 0.1) is 22.9 Å². The molecule has 4 aliphatic carbocycles. The van der Waals surface area contributed by atoms with Crippen LogP contribution in [-0.2, 0) is 10.3 Å². The maximum atomic E-state index is 13.8. The summed E-state index contributed by atoms with van der Waals surface area (Å²) in [4.78, 5) is 16.7. The highest BCUT2D eigenvalue weighted by molar-refractivity contribution is 5.97. The first-order valence-electron chi connectivity index (χ1n) is 10.8. The van der Waals surface area contributed by atoms with Crippen LogP contribution in [0.3, 0.4) is 0 Å². The Hall–Kier alpha value is -3.54. The number of hydrogen-bond acceptors (Lipinski definition) is 6. The first-order valence-corrected chi connectivity index (χ1v) is 10.8. The van der Waals surface area contributed by atoms with E-state index in [1.54, 1.807) is 25.5 Å². The second kappa shape index (κ2) is 6.48. The molecule has 0 radical (unpaired) electrons. The van der Waals surface area contributed by atoms with Crippen LogP contribution in [-0.4, -0.2) is 43.6 Å². The van der Waals surface area contributed by atoms with Gasteiger partial charge in [0.25, 0.3) is 0 Å². The van der Waals surface area contributed by atoms with Crippen molar-refractivity contribution >= 4 is 28.4 Å². The highest BCUT2D eigenvalue weighted by atomic mass is 19.1. The quantitative estimate of drug-likeness (QED) is 0.617. The first-order chi connectivity index (χ1) is 15.4. The van der Waals surface area contributed by atoms with E-state index in [-0.39, 0.29) is 17.4 Å². The molecule has 4 fully saturated rings. The fourth-order valence-corrected chi connectivity index (χ4v) is 4.92. The Balaban J connectivity index is 1.31. The van der Waals surface area contributed by atoms with Crippen molar-refractivity contribution in [3.8, 4) is 11.8 Å². The molecular formula is C23H22FN7O. The van der Waals surface area contributed by atoms with Gasteiger partial charge in [-0.05, 0) is 18.4 Å². The topological polar surface area (TPSA) is 97.6 Å². The normalized spacial score (nSPS) is 29.3. The molecule has 2 bridgehead atoms. The highest BCUT2D eigenvalue weighted by Crippen LogP contribution is 2.67. The summed E-state index contributed by atoms with van der Waals surface area (Å²) in [6.07, 6.45) is 7.79. The Morgan fingerprint density at radius 2 is 2.03 bits per heavy atom. The number of aromatic nitrogens is 5. The molecule has 0 saturated heterocycles. The fraction of sp³-hybridized carbons (Fsp3) is 0.435. The number of halogens is 1. The predicted octanol–water partition coefficient (Wildman–Crippen LogP) is 2.86. The van der Waals surface area contributed by atoms with Crippen LogP contribution in [0.5, 0.6) is 0 Å². The van der Waals surface area contributed by atoms with Crippen molar-refractivity contribution in [1.82, 2.24) is 25.0 Å². The number of nitrogens with zero attached hydrogens (tertiary/aromatic N) is 5. The number of alkyl halides is 1. The van der Waals surface area contributed by atoms with E-state index in [4.69, 9.17) is 0 Å². The Morgan fingerprint density at radius 1 is 1.25 bits per heavy atom. The lowest BCUT2D eigenvalue weighted by Gasteiger charge is -2.65. The van der Waals surface area contributed by atoms with Crippen LogP contribution in [0.4, 0.5) is 16.0 Å². The smallest absolute Gasteiger partial charge is 0.228 e. The van der Waals surface area contributed by atoms with E-state index in [1.807, 2.05) is 10.9 Å². The molecule has 7 rings (SSSR count). The largest absolute Gasteiger partial charge is 0.371 e. The third-order valence-corrected chi connectivity index (χ3v) is 6.91. The maximum absolute atomic E-state index is 13.8. The number of carbonyl (C=O) groups is 1. The number of carbonyl (C=O) groups excluding carboxylic acids is 1. The molecule has 2 N–H and O–H groups in total. The molecular weight excluding hydrogens is 409 g/mol. The molecule has 162 valence electrons. The molecule has 9 heteroatoms.